The van der Waals surface area contributed by atoms with E-state index in [1.54, 1.807) is 36.4 Å². The van der Waals surface area contributed by atoms with Crippen LogP contribution in [0.15, 0.2) is 53.3 Å². The zero-order chi connectivity index (χ0) is 18.5. The van der Waals surface area contributed by atoms with Crippen molar-refractivity contribution in [3.63, 3.8) is 0 Å². The number of nitrogens with one attached hydrogen (secondary N) is 2. The third-order valence-corrected chi connectivity index (χ3v) is 3.74. The summed E-state index contributed by atoms with van der Waals surface area (Å²) in [6.07, 6.45) is 0.00384. The molecule has 1 heterocycles. The third-order valence-electron chi connectivity index (χ3n) is 3.74. The van der Waals surface area contributed by atoms with Crippen LogP contribution in [0.25, 0.3) is 10.8 Å². The monoisotopic (exact) mass is 359 g/mol. The molecule has 2 aromatic carbocycles. The first-order valence-electron chi connectivity index (χ1n) is 7.79. The van der Waals surface area contributed by atoms with E-state index >= 15 is 0 Å². The Labute approximate surface area is 146 Å². The van der Waals surface area contributed by atoms with Crippen molar-refractivity contribution in [1.82, 2.24) is 15.5 Å². The number of hydrogen-bond donors (Lipinski definition) is 2. The van der Waals surface area contributed by atoms with Gasteiger partial charge in [-0.3, -0.25) is 9.59 Å². The minimum atomic E-state index is -2.87. The maximum absolute atomic E-state index is 12.2. The number of amides is 1. The van der Waals surface area contributed by atoms with E-state index in [4.69, 9.17) is 0 Å². The Morgan fingerprint density at radius 1 is 1.12 bits per heavy atom. The summed E-state index contributed by atoms with van der Waals surface area (Å²) < 4.78 is 28.5. The number of aromatic nitrogens is 2. The molecule has 0 saturated carbocycles. The van der Waals surface area contributed by atoms with Crippen molar-refractivity contribution >= 4 is 16.7 Å². The molecule has 0 aliphatic carbocycles. The lowest BCUT2D eigenvalue weighted by Crippen LogP contribution is -2.25. The molecule has 26 heavy (non-hydrogen) atoms. The second kappa shape index (κ2) is 7.73. The van der Waals surface area contributed by atoms with Gasteiger partial charge in [-0.15, -0.1) is 0 Å². The first-order chi connectivity index (χ1) is 12.5. The van der Waals surface area contributed by atoms with Crippen molar-refractivity contribution in [2.75, 3.05) is 0 Å². The molecule has 3 aromatic rings. The first-order valence-corrected chi connectivity index (χ1v) is 7.79. The van der Waals surface area contributed by atoms with Crippen molar-refractivity contribution in [3.8, 4) is 5.75 Å². The molecule has 0 unspecified atom stereocenters. The van der Waals surface area contributed by atoms with Crippen LogP contribution in [-0.4, -0.2) is 22.7 Å². The zero-order valence-electron chi connectivity index (χ0n) is 13.5. The van der Waals surface area contributed by atoms with Crippen molar-refractivity contribution in [3.05, 3.63) is 70.1 Å². The van der Waals surface area contributed by atoms with Gasteiger partial charge >= 0.3 is 6.61 Å². The number of alkyl halides is 2. The Balaban J connectivity index is 1.63. The summed E-state index contributed by atoms with van der Waals surface area (Å²) in [5.41, 5.74) is 0.897. The van der Waals surface area contributed by atoms with Gasteiger partial charge in [0, 0.05) is 11.9 Å². The highest BCUT2D eigenvalue weighted by atomic mass is 19.3. The van der Waals surface area contributed by atoms with Crippen LogP contribution >= 0.6 is 0 Å². The second-order valence-electron chi connectivity index (χ2n) is 5.52. The normalized spacial score (nSPS) is 10.9. The van der Waals surface area contributed by atoms with Crippen LogP contribution in [-0.2, 0) is 17.8 Å². The molecule has 2 N–H and O–H groups in total. The van der Waals surface area contributed by atoms with Gasteiger partial charge in [0.2, 0.25) is 5.91 Å². The number of carbonyl (C=O) groups is 1. The van der Waals surface area contributed by atoms with E-state index < -0.39 is 6.61 Å². The predicted molar refractivity (Wildman–Crippen MR) is 91.0 cm³/mol. The van der Waals surface area contributed by atoms with Gasteiger partial charge in [0.25, 0.3) is 5.56 Å². The van der Waals surface area contributed by atoms with Crippen LogP contribution in [0.3, 0.4) is 0 Å². The van der Waals surface area contributed by atoms with Crippen molar-refractivity contribution in [2.24, 2.45) is 0 Å². The van der Waals surface area contributed by atoms with E-state index in [1.165, 1.54) is 12.1 Å². The summed E-state index contributed by atoms with van der Waals surface area (Å²) in [6, 6.07) is 12.9. The van der Waals surface area contributed by atoms with Crippen molar-refractivity contribution < 1.29 is 18.3 Å². The van der Waals surface area contributed by atoms with Crippen LogP contribution in [0, 0.1) is 0 Å². The molecular weight excluding hydrogens is 344 g/mol. The fraction of sp³-hybridized carbons (Fsp3) is 0.167. The van der Waals surface area contributed by atoms with E-state index in [0.29, 0.717) is 16.5 Å². The topological polar surface area (TPSA) is 84.1 Å². The lowest BCUT2D eigenvalue weighted by atomic mass is 10.1. The summed E-state index contributed by atoms with van der Waals surface area (Å²) in [5.74, 6) is -0.221. The predicted octanol–water partition coefficient (Wildman–Crippen LogP) is 2.38. The highest BCUT2D eigenvalue weighted by Gasteiger charge is 2.10. The van der Waals surface area contributed by atoms with Crippen LogP contribution in [0.4, 0.5) is 8.78 Å². The van der Waals surface area contributed by atoms with Crippen LogP contribution in [0.1, 0.15) is 11.3 Å². The zero-order valence-corrected chi connectivity index (χ0v) is 13.5. The van der Waals surface area contributed by atoms with E-state index in [2.05, 4.69) is 20.3 Å². The highest BCUT2D eigenvalue weighted by Crippen LogP contribution is 2.15. The summed E-state index contributed by atoms with van der Waals surface area (Å²) >= 11 is 0. The largest absolute Gasteiger partial charge is 0.435 e. The molecule has 8 heteroatoms. The number of hydrogen-bond acceptors (Lipinski definition) is 4. The Kier molecular flexibility index (Phi) is 5.21. The van der Waals surface area contributed by atoms with Crippen molar-refractivity contribution in [1.29, 1.82) is 0 Å². The molecular formula is C18H15F2N3O3. The standard InChI is InChI=1S/C18H15F2N3O3/c19-18(20)26-12-7-5-11(6-8-12)10-21-16(24)9-15-13-3-1-2-4-14(13)17(25)23-22-15/h1-8,18H,9-10H2,(H,21,24)(H,23,25). The average molecular weight is 359 g/mol. The summed E-state index contributed by atoms with van der Waals surface area (Å²) in [4.78, 5) is 23.9. The Morgan fingerprint density at radius 3 is 2.50 bits per heavy atom. The second-order valence-corrected chi connectivity index (χ2v) is 5.52. The molecule has 0 spiro atoms. The molecule has 0 radical (unpaired) electrons. The van der Waals surface area contributed by atoms with E-state index in [9.17, 15) is 18.4 Å². The number of halogens is 2. The molecule has 6 nitrogen and oxygen atoms in total. The number of fused-ring (bicyclic) bond motifs is 1. The van der Waals surface area contributed by atoms with Gasteiger partial charge in [-0.25, -0.2) is 5.10 Å². The van der Waals surface area contributed by atoms with Crippen molar-refractivity contribution in [2.45, 2.75) is 19.6 Å². The lowest BCUT2D eigenvalue weighted by molar-refractivity contribution is -0.120. The fourth-order valence-electron chi connectivity index (χ4n) is 2.51. The molecule has 134 valence electrons. The van der Waals surface area contributed by atoms with Gasteiger partial charge in [-0.2, -0.15) is 13.9 Å². The number of ether oxygens (including phenoxy) is 1. The molecule has 3 rings (SSSR count). The highest BCUT2D eigenvalue weighted by molar-refractivity contribution is 5.88. The molecule has 0 atom stereocenters. The SMILES string of the molecule is O=C(Cc1n[nH]c(=O)c2ccccc12)NCc1ccc(OC(F)F)cc1. The minimum absolute atomic E-state index is 0.00384. The van der Waals surface area contributed by atoms with Gasteiger partial charge < -0.3 is 10.1 Å². The number of rotatable bonds is 6. The lowest BCUT2D eigenvalue weighted by Gasteiger charge is -2.08. The molecule has 0 aliphatic rings. The average Bonchev–Trinajstić information content (AvgIpc) is 2.63. The first kappa shape index (κ1) is 17.5. The van der Waals surface area contributed by atoms with E-state index in [0.717, 1.165) is 5.56 Å². The van der Waals surface area contributed by atoms with Gasteiger partial charge in [-0.1, -0.05) is 30.3 Å². The van der Waals surface area contributed by atoms with Gasteiger partial charge in [0.05, 0.1) is 17.5 Å². The van der Waals surface area contributed by atoms with Crippen LogP contribution in [0.5, 0.6) is 5.75 Å². The summed E-state index contributed by atoms with van der Waals surface area (Å²) in [7, 11) is 0. The van der Waals surface area contributed by atoms with Gasteiger partial charge in [-0.05, 0) is 23.8 Å². The van der Waals surface area contributed by atoms with E-state index in [1.807, 2.05) is 0 Å². The number of benzene rings is 2. The minimum Gasteiger partial charge on any atom is -0.435 e. The number of aromatic amines is 1. The molecule has 1 aromatic heterocycles. The fourth-order valence-corrected chi connectivity index (χ4v) is 2.51. The quantitative estimate of drug-likeness (QED) is 0.708. The molecule has 0 fully saturated rings. The van der Waals surface area contributed by atoms with Gasteiger partial charge in [0.15, 0.2) is 0 Å². The molecule has 1 amide bonds. The Morgan fingerprint density at radius 2 is 1.81 bits per heavy atom. The van der Waals surface area contributed by atoms with Crippen LogP contribution < -0.4 is 15.6 Å². The molecule has 0 saturated heterocycles. The number of H-pyrrole nitrogens is 1. The summed E-state index contributed by atoms with van der Waals surface area (Å²) in [6.45, 7) is -2.64. The molecule has 0 bridgehead atoms. The number of carbonyl (C=O) groups excluding carboxylic acids is 1. The van der Waals surface area contributed by atoms with E-state index in [-0.39, 0.29) is 30.2 Å². The summed E-state index contributed by atoms with van der Waals surface area (Å²) in [5, 5.41) is 10.2. The maximum Gasteiger partial charge on any atom is 0.387 e. The smallest absolute Gasteiger partial charge is 0.387 e. The molecule has 0 aliphatic heterocycles. The number of nitrogens with zero attached hydrogens (tertiary/aromatic N) is 1. The maximum atomic E-state index is 12.2. The Bertz CT molecular complexity index is 971. The van der Waals surface area contributed by atoms with Crippen LogP contribution in [0.2, 0.25) is 0 Å². The third kappa shape index (κ3) is 4.21. The van der Waals surface area contributed by atoms with Gasteiger partial charge in [0.1, 0.15) is 5.75 Å². The Hall–Kier alpha value is -3.29.